The van der Waals surface area contributed by atoms with Crippen LogP contribution in [0.15, 0.2) is 33.5 Å². The zero-order valence-corrected chi connectivity index (χ0v) is 16.3. The van der Waals surface area contributed by atoms with Gasteiger partial charge in [-0.1, -0.05) is 23.2 Å². The molecule has 0 unspecified atom stereocenters. The fourth-order valence-corrected chi connectivity index (χ4v) is 3.33. The number of nitriles is 1. The molecule has 2 aromatic rings. The fourth-order valence-electron chi connectivity index (χ4n) is 1.97. The van der Waals surface area contributed by atoms with E-state index < -0.39 is 0 Å². The Hall–Kier alpha value is -1.65. The predicted octanol–water partition coefficient (Wildman–Crippen LogP) is 6.15. The van der Waals surface area contributed by atoms with Crippen molar-refractivity contribution in [3.8, 4) is 6.07 Å². The highest BCUT2D eigenvalue weighted by Gasteiger charge is 2.17. The number of nitrogens with zero attached hydrogens (tertiary/aromatic N) is 4. The van der Waals surface area contributed by atoms with Crippen molar-refractivity contribution < 1.29 is 4.79 Å². The van der Waals surface area contributed by atoms with Crippen LogP contribution in [-0.4, -0.2) is 16.0 Å². The van der Waals surface area contributed by atoms with E-state index in [0.717, 1.165) is 11.8 Å². The van der Waals surface area contributed by atoms with Crippen molar-refractivity contribution in [3.05, 3.63) is 45.1 Å². The first-order valence-electron chi connectivity index (χ1n) is 6.92. The largest absolute Gasteiger partial charge is 0.285 e. The first-order chi connectivity index (χ1) is 11.9. The van der Waals surface area contributed by atoms with Crippen LogP contribution < -0.4 is 0 Å². The average molecular weight is 414 g/mol. The number of benzene rings is 1. The van der Waals surface area contributed by atoms with Gasteiger partial charge in [0.15, 0.2) is 0 Å². The molecule has 1 aromatic heterocycles. The third kappa shape index (κ3) is 4.71. The number of rotatable bonds is 4. The quantitative estimate of drug-likeness (QED) is 0.342. The summed E-state index contributed by atoms with van der Waals surface area (Å²) in [6.07, 6.45) is 0. The number of thioether (sulfide) groups is 1. The van der Waals surface area contributed by atoms with Crippen molar-refractivity contribution in [2.75, 3.05) is 5.88 Å². The van der Waals surface area contributed by atoms with Gasteiger partial charge in [0.25, 0.3) is 0 Å². The molecule has 0 bridgehead atoms. The lowest BCUT2D eigenvalue weighted by Crippen LogP contribution is -2.00. The van der Waals surface area contributed by atoms with Crippen molar-refractivity contribution >= 4 is 63.1 Å². The molecular weight excluding hydrogens is 403 g/mol. The van der Waals surface area contributed by atoms with E-state index in [1.165, 1.54) is 0 Å². The Balaban J connectivity index is 2.47. The van der Waals surface area contributed by atoms with Crippen LogP contribution in [0.3, 0.4) is 0 Å². The molecule has 25 heavy (non-hydrogen) atoms. The minimum absolute atomic E-state index is 0.161. The van der Waals surface area contributed by atoms with Gasteiger partial charge in [-0.3, -0.25) is 4.79 Å². The summed E-state index contributed by atoms with van der Waals surface area (Å²) in [7, 11) is 0. The van der Waals surface area contributed by atoms with Crippen molar-refractivity contribution in [2.45, 2.75) is 18.9 Å². The van der Waals surface area contributed by atoms with Gasteiger partial charge in [-0.15, -0.1) is 21.8 Å². The minimum atomic E-state index is -0.285. The van der Waals surface area contributed by atoms with E-state index in [1.54, 1.807) is 32.0 Å². The number of alkyl halides is 1. The molecule has 1 heterocycles. The van der Waals surface area contributed by atoms with Crippen LogP contribution in [0.25, 0.3) is 0 Å². The molecule has 0 aliphatic rings. The molecule has 0 aliphatic carbocycles. The van der Waals surface area contributed by atoms with Gasteiger partial charge in [0.05, 0.1) is 22.2 Å². The Labute approximate surface area is 164 Å². The summed E-state index contributed by atoms with van der Waals surface area (Å²) in [5.74, 6) is -0.161. The van der Waals surface area contributed by atoms with Crippen LogP contribution in [0.2, 0.25) is 10.0 Å². The van der Waals surface area contributed by atoms with Crippen LogP contribution in [-0.2, 0) is 4.79 Å². The van der Waals surface area contributed by atoms with Gasteiger partial charge in [0, 0.05) is 5.02 Å². The second kappa shape index (κ2) is 8.63. The minimum Gasteiger partial charge on any atom is -0.285 e. The number of carbonyl (C=O) groups is 1. The first-order valence-corrected chi connectivity index (χ1v) is 9.02. The van der Waals surface area contributed by atoms with Gasteiger partial charge in [-0.05, 0) is 49.4 Å². The maximum atomic E-state index is 11.5. The van der Waals surface area contributed by atoms with Crippen molar-refractivity contribution in [1.29, 1.82) is 5.26 Å². The molecule has 2 rings (SSSR count). The topological polar surface area (TPSA) is 78.5 Å². The molecule has 128 valence electrons. The van der Waals surface area contributed by atoms with E-state index in [2.05, 4.69) is 21.3 Å². The number of halogens is 3. The lowest BCUT2D eigenvalue weighted by atomic mass is 10.1. The highest BCUT2D eigenvalue weighted by molar-refractivity contribution is 8.13. The smallest absolute Gasteiger partial charge is 0.209 e. The SMILES string of the molecule is Cc1nc(SC(=O)CCl)c(C#N)c(C)c1N=Nc1ccc(Cl)cc1Cl. The molecule has 0 spiro atoms. The zero-order valence-electron chi connectivity index (χ0n) is 13.2. The second-order valence-corrected chi connectivity index (χ2v) is 7.02. The summed E-state index contributed by atoms with van der Waals surface area (Å²) in [6.45, 7) is 3.45. The van der Waals surface area contributed by atoms with Gasteiger partial charge in [0.2, 0.25) is 5.12 Å². The summed E-state index contributed by atoms with van der Waals surface area (Å²) in [5, 5.41) is 18.6. The summed E-state index contributed by atoms with van der Waals surface area (Å²) >= 11 is 18.3. The third-order valence-corrected chi connectivity index (χ3v) is 4.95. The molecule has 0 N–H and O–H groups in total. The molecule has 0 atom stereocenters. The summed E-state index contributed by atoms with van der Waals surface area (Å²) < 4.78 is 0. The summed E-state index contributed by atoms with van der Waals surface area (Å²) in [4.78, 5) is 15.8. The molecule has 0 saturated heterocycles. The molecule has 0 aliphatic heterocycles. The van der Waals surface area contributed by atoms with Gasteiger partial charge >= 0.3 is 0 Å². The Morgan fingerprint density at radius 1 is 1.32 bits per heavy atom. The molecule has 0 amide bonds. The van der Waals surface area contributed by atoms with E-state index in [1.807, 2.05) is 0 Å². The lowest BCUT2D eigenvalue weighted by Gasteiger charge is -2.09. The van der Waals surface area contributed by atoms with E-state index in [0.29, 0.717) is 37.7 Å². The molecule has 0 saturated carbocycles. The van der Waals surface area contributed by atoms with Crippen LogP contribution >= 0.6 is 46.6 Å². The summed E-state index contributed by atoms with van der Waals surface area (Å²) in [6, 6.07) is 6.91. The monoisotopic (exact) mass is 412 g/mol. The molecule has 9 heteroatoms. The predicted molar refractivity (Wildman–Crippen MR) is 101 cm³/mol. The van der Waals surface area contributed by atoms with Crippen LogP contribution in [0.4, 0.5) is 11.4 Å². The standard InChI is InChI=1S/C16H11Cl3N4OS/c1-8-11(7-20)16(25-14(24)6-17)21-9(2)15(8)23-22-13-4-3-10(18)5-12(13)19/h3-5H,6H2,1-2H3. The maximum Gasteiger partial charge on any atom is 0.209 e. The van der Waals surface area contributed by atoms with E-state index in [-0.39, 0.29) is 16.6 Å². The Kier molecular flexibility index (Phi) is 6.79. The first kappa shape index (κ1) is 19.7. The fraction of sp³-hybridized carbons (Fsp3) is 0.188. The third-order valence-electron chi connectivity index (χ3n) is 3.15. The van der Waals surface area contributed by atoms with Crippen LogP contribution in [0, 0.1) is 25.2 Å². The molecule has 1 aromatic carbocycles. The van der Waals surface area contributed by atoms with Crippen molar-refractivity contribution in [2.24, 2.45) is 10.2 Å². The molecule has 5 nitrogen and oxygen atoms in total. The Morgan fingerprint density at radius 2 is 2.04 bits per heavy atom. The highest BCUT2D eigenvalue weighted by atomic mass is 35.5. The Bertz CT molecular complexity index is 909. The lowest BCUT2D eigenvalue weighted by molar-refractivity contribution is -0.108. The number of aryl methyl sites for hydroxylation is 1. The van der Waals surface area contributed by atoms with Crippen LogP contribution in [0.5, 0.6) is 0 Å². The maximum absolute atomic E-state index is 11.5. The van der Waals surface area contributed by atoms with Crippen molar-refractivity contribution in [3.63, 3.8) is 0 Å². The van der Waals surface area contributed by atoms with Crippen LogP contribution in [0.1, 0.15) is 16.8 Å². The second-order valence-electron chi connectivity index (χ2n) is 4.87. The number of hydrogen-bond acceptors (Lipinski definition) is 6. The van der Waals surface area contributed by atoms with Gasteiger partial charge in [-0.25, -0.2) is 4.98 Å². The average Bonchev–Trinajstić information content (AvgIpc) is 2.56. The van der Waals surface area contributed by atoms with Gasteiger partial charge in [-0.2, -0.15) is 5.26 Å². The van der Waals surface area contributed by atoms with Gasteiger partial charge < -0.3 is 0 Å². The number of azo groups is 1. The number of aromatic nitrogens is 1. The summed E-state index contributed by atoms with van der Waals surface area (Å²) in [5.41, 5.74) is 2.28. The van der Waals surface area contributed by atoms with Crippen molar-refractivity contribution in [1.82, 2.24) is 4.98 Å². The van der Waals surface area contributed by atoms with E-state index in [9.17, 15) is 10.1 Å². The van der Waals surface area contributed by atoms with E-state index in [4.69, 9.17) is 34.8 Å². The highest BCUT2D eigenvalue weighted by Crippen LogP contribution is 2.34. The zero-order chi connectivity index (χ0) is 18.6. The molecular formula is C16H11Cl3N4OS. The van der Waals surface area contributed by atoms with E-state index >= 15 is 0 Å². The normalized spacial score (nSPS) is 10.9. The van der Waals surface area contributed by atoms with Gasteiger partial charge in [0.1, 0.15) is 22.5 Å². The Morgan fingerprint density at radius 3 is 2.64 bits per heavy atom. The molecule has 0 fully saturated rings. The number of carbonyl (C=O) groups excluding carboxylic acids is 1. The molecule has 0 radical (unpaired) electrons. The number of pyridine rings is 1. The number of hydrogen-bond donors (Lipinski definition) is 0.